The Kier molecular flexibility index (Phi) is 3.76. The average molecular weight is 281 g/mol. The van der Waals surface area contributed by atoms with Crippen LogP contribution in [0.2, 0.25) is 0 Å². The third kappa shape index (κ3) is 2.83. The zero-order valence-electron chi connectivity index (χ0n) is 12.1. The van der Waals surface area contributed by atoms with Crippen LogP contribution in [-0.2, 0) is 11.2 Å². The van der Waals surface area contributed by atoms with Gasteiger partial charge in [0.15, 0.2) is 0 Å². The number of rotatable bonds is 3. The molecule has 0 fully saturated rings. The molecule has 0 bridgehead atoms. The lowest BCUT2D eigenvalue weighted by atomic mass is 9.99. The van der Waals surface area contributed by atoms with Gasteiger partial charge in [-0.1, -0.05) is 48.0 Å². The molecule has 1 amide bonds. The van der Waals surface area contributed by atoms with Gasteiger partial charge in [0, 0.05) is 12.1 Å². The van der Waals surface area contributed by atoms with Crippen molar-refractivity contribution in [1.29, 1.82) is 0 Å². The molecule has 3 nitrogen and oxygen atoms in total. The number of nitrogens with zero attached hydrogens (tertiary/aromatic N) is 1. The number of aryl methyl sites for hydroxylation is 2. The van der Waals surface area contributed by atoms with Crippen molar-refractivity contribution in [1.82, 2.24) is 0 Å². The van der Waals surface area contributed by atoms with E-state index in [0.29, 0.717) is 13.0 Å². The first-order valence-corrected chi connectivity index (χ1v) is 7.28. The first-order valence-electron chi connectivity index (χ1n) is 7.28. The van der Waals surface area contributed by atoms with E-state index in [-0.39, 0.29) is 5.91 Å². The van der Waals surface area contributed by atoms with Gasteiger partial charge in [-0.2, -0.15) is 0 Å². The van der Waals surface area contributed by atoms with Crippen molar-refractivity contribution in [2.24, 2.45) is 0 Å². The summed E-state index contributed by atoms with van der Waals surface area (Å²) in [6, 6.07) is 15.7. The van der Waals surface area contributed by atoms with Gasteiger partial charge in [-0.3, -0.25) is 4.79 Å². The lowest BCUT2D eigenvalue weighted by Gasteiger charge is -2.31. The molecule has 3 heteroatoms. The molecule has 1 N–H and O–H groups in total. The van der Waals surface area contributed by atoms with Crippen LogP contribution in [0.25, 0.3) is 0 Å². The summed E-state index contributed by atoms with van der Waals surface area (Å²) in [7, 11) is 0. The van der Waals surface area contributed by atoms with Gasteiger partial charge in [-0.25, -0.2) is 0 Å². The van der Waals surface area contributed by atoms with E-state index in [1.54, 1.807) is 4.90 Å². The number of amides is 1. The summed E-state index contributed by atoms with van der Waals surface area (Å²) in [5, 5.41) is 10.4. The predicted octanol–water partition coefficient (Wildman–Crippen LogP) is 3.01. The molecule has 0 aliphatic carbocycles. The van der Waals surface area contributed by atoms with Crippen molar-refractivity contribution in [3.05, 3.63) is 65.2 Å². The number of carbonyl (C=O) groups excluding carboxylic acids is 1. The number of hydrogen-bond donors (Lipinski definition) is 1. The molecule has 0 saturated carbocycles. The molecule has 108 valence electrons. The normalized spacial score (nSPS) is 15.7. The van der Waals surface area contributed by atoms with Crippen LogP contribution in [-0.4, -0.2) is 17.6 Å². The second kappa shape index (κ2) is 5.70. The van der Waals surface area contributed by atoms with Gasteiger partial charge in [-0.15, -0.1) is 0 Å². The van der Waals surface area contributed by atoms with Gasteiger partial charge in [0.05, 0.1) is 12.6 Å². The first-order chi connectivity index (χ1) is 10.1. The molecule has 0 radical (unpaired) electrons. The minimum absolute atomic E-state index is 0.0832. The Morgan fingerprint density at radius 3 is 2.57 bits per heavy atom. The van der Waals surface area contributed by atoms with Gasteiger partial charge in [0.25, 0.3) is 0 Å². The lowest BCUT2D eigenvalue weighted by molar-refractivity contribution is -0.119. The molecule has 21 heavy (non-hydrogen) atoms. The summed E-state index contributed by atoms with van der Waals surface area (Å²) in [6.45, 7) is 2.32. The quantitative estimate of drug-likeness (QED) is 0.939. The topological polar surface area (TPSA) is 40.5 Å². The molecule has 1 aliphatic heterocycles. The number of anilines is 1. The Morgan fingerprint density at radius 1 is 1.10 bits per heavy atom. The molecule has 1 aliphatic rings. The van der Waals surface area contributed by atoms with Crippen LogP contribution in [0.3, 0.4) is 0 Å². The van der Waals surface area contributed by atoms with Gasteiger partial charge in [-0.05, 0) is 30.5 Å². The summed E-state index contributed by atoms with van der Waals surface area (Å²) in [6.07, 6.45) is 0.629. The maximum atomic E-state index is 12.2. The lowest BCUT2D eigenvalue weighted by Crippen LogP contribution is -2.38. The average Bonchev–Trinajstić information content (AvgIpc) is 2.51. The molecule has 0 aromatic heterocycles. The highest BCUT2D eigenvalue weighted by Gasteiger charge is 2.25. The van der Waals surface area contributed by atoms with Gasteiger partial charge in [0.2, 0.25) is 5.91 Å². The summed E-state index contributed by atoms with van der Waals surface area (Å²) >= 11 is 0. The van der Waals surface area contributed by atoms with E-state index in [4.69, 9.17) is 0 Å². The number of hydrogen-bond acceptors (Lipinski definition) is 2. The van der Waals surface area contributed by atoms with Gasteiger partial charge in [0.1, 0.15) is 0 Å². The zero-order chi connectivity index (χ0) is 14.8. The Hall–Kier alpha value is -2.13. The molecule has 0 saturated heterocycles. The van der Waals surface area contributed by atoms with Crippen LogP contribution in [0.4, 0.5) is 5.69 Å². The van der Waals surface area contributed by atoms with Crippen molar-refractivity contribution >= 4 is 11.6 Å². The predicted molar refractivity (Wildman–Crippen MR) is 83.3 cm³/mol. The molecule has 3 rings (SSSR count). The van der Waals surface area contributed by atoms with Crippen LogP contribution < -0.4 is 4.90 Å². The molecule has 1 heterocycles. The maximum absolute atomic E-state index is 12.2. The highest BCUT2D eigenvalue weighted by atomic mass is 16.3. The van der Waals surface area contributed by atoms with Crippen LogP contribution in [0, 0.1) is 6.92 Å². The van der Waals surface area contributed by atoms with Crippen molar-refractivity contribution in [2.45, 2.75) is 25.9 Å². The van der Waals surface area contributed by atoms with Crippen molar-refractivity contribution < 1.29 is 9.90 Å². The number of fused-ring (bicyclic) bond motifs is 1. The molecule has 2 aromatic carbocycles. The van der Waals surface area contributed by atoms with Crippen LogP contribution in [0.15, 0.2) is 48.5 Å². The minimum atomic E-state index is -0.666. The Bertz CT molecular complexity index is 649. The second-order valence-electron chi connectivity index (χ2n) is 5.56. The number of aliphatic hydroxyl groups excluding tert-OH is 1. The number of carbonyl (C=O) groups is 1. The summed E-state index contributed by atoms with van der Waals surface area (Å²) in [4.78, 5) is 13.9. The maximum Gasteiger partial charge on any atom is 0.227 e. The molecule has 1 atom stereocenters. The SMILES string of the molecule is Cc1ccc(C(O)CN2C(=O)CCc3ccccc32)cc1. The van der Waals surface area contributed by atoms with E-state index in [1.807, 2.05) is 55.5 Å². The zero-order valence-corrected chi connectivity index (χ0v) is 12.1. The summed E-state index contributed by atoms with van der Waals surface area (Å²) in [5.41, 5.74) is 4.11. The number of aliphatic hydroxyl groups is 1. The molecule has 0 spiro atoms. The van der Waals surface area contributed by atoms with E-state index in [2.05, 4.69) is 0 Å². The largest absolute Gasteiger partial charge is 0.387 e. The van der Waals surface area contributed by atoms with Gasteiger partial charge < -0.3 is 10.0 Å². The summed E-state index contributed by atoms with van der Waals surface area (Å²) in [5.74, 6) is 0.0832. The number of β-amino-alcohol motifs (C(OH)–C–C–N with tert-alkyl or cyclic N) is 1. The number of benzene rings is 2. The minimum Gasteiger partial charge on any atom is -0.387 e. The Balaban J connectivity index is 1.83. The second-order valence-corrected chi connectivity index (χ2v) is 5.56. The van der Waals surface area contributed by atoms with Crippen LogP contribution >= 0.6 is 0 Å². The standard InChI is InChI=1S/C18H19NO2/c1-13-6-8-15(9-7-13)17(20)12-19-16-5-3-2-4-14(16)10-11-18(19)21/h2-9,17,20H,10-12H2,1H3. The molecule has 1 unspecified atom stereocenters. The first kappa shape index (κ1) is 13.8. The third-order valence-corrected chi connectivity index (χ3v) is 4.01. The fourth-order valence-electron chi connectivity index (χ4n) is 2.76. The molecular formula is C18H19NO2. The van der Waals surface area contributed by atoms with E-state index >= 15 is 0 Å². The highest BCUT2D eigenvalue weighted by molar-refractivity contribution is 5.96. The monoisotopic (exact) mass is 281 g/mol. The van der Waals surface area contributed by atoms with Crippen LogP contribution in [0.1, 0.15) is 29.2 Å². The highest BCUT2D eigenvalue weighted by Crippen LogP contribution is 2.29. The Labute approximate surface area is 124 Å². The van der Waals surface area contributed by atoms with Crippen molar-refractivity contribution in [3.8, 4) is 0 Å². The van der Waals surface area contributed by atoms with E-state index < -0.39 is 6.10 Å². The van der Waals surface area contributed by atoms with Gasteiger partial charge >= 0.3 is 0 Å². The summed E-state index contributed by atoms with van der Waals surface area (Å²) < 4.78 is 0. The smallest absolute Gasteiger partial charge is 0.227 e. The van der Waals surface area contributed by atoms with E-state index in [0.717, 1.165) is 23.2 Å². The molecule has 2 aromatic rings. The van der Waals surface area contributed by atoms with Crippen molar-refractivity contribution in [2.75, 3.05) is 11.4 Å². The van der Waals surface area contributed by atoms with E-state index in [1.165, 1.54) is 5.56 Å². The fourth-order valence-corrected chi connectivity index (χ4v) is 2.76. The molecular weight excluding hydrogens is 262 g/mol. The van der Waals surface area contributed by atoms with E-state index in [9.17, 15) is 9.90 Å². The third-order valence-electron chi connectivity index (χ3n) is 4.01. The fraction of sp³-hybridized carbons (Fsp3) is 0.278. The number of para-hydroxylation sites is 1. The Morgan fingerprint density at radius 2 is 1.81 bits per heavy atom. The van der Waals surface area contributed by atoms with Crippen molar-refractivity contribution in [3.63, 3.8) is 0 Å². The van der Waals surface area contributed by atoms with Crippen LogP contribution in [0.5, 0.6) is 0 Å².